The largest absolute Gasteiger partial charge is 0.393 e. The van der Waals surface area contributed by atoms with E-state index in [1.807, 2.05) is 6.92 Å². The summed E-state index contributed by atoms with van der Waals surface area (Å²) in [5.74, 6) is 0.127. The molecule has 3 fully saturated rings. The number of hydrogen-bond acceptors (Lipinski definition) is 11. The van der Waals surface area contributed by atoms with Gasteiger partial charge in [-0.25, -0.2) is 0 Å². The van der Waals surface area contributed by atoms with Gasteiger partial charge in [-0.2, -0.15) is 0 Å². The van der Waals surface area contributed by atoms with Crippen molar-refractivity contribution in [3.63, 3.8) is 0 Å². The molecule has 1 saturated carbocycles. The second-order valence-electron chi connectivity index (χ2n) is 9.53. The molecule has 0 bridgehead atoms. The topological polar surface area (TPSA) is 179 Å². The van der Waals surface area contributed by atoms with Crippen molar-refractivity contribution < 1.29 is 54.7 Å². The highest BCUT2D eigenvalue weighted by atomic mass is 16.7. The molecule has 3 aliphatic rings. The second kappa shape index (κ2) is 9.88. The van der Waals surface area contributed by atoms with E-state index in [9.17, 15) is 35.7 Å². The first-order chi connectivity index (χ1) is 14.9. The van der Waals surface area contributed by atoms with Gasteiger partial charge in [-0.3, -0.25) is 0 Å². The Bertz CT molecular complexity index is 658. The summed E-state index contributed by atoms with van der Waals surface area (Å²) in [5.41, 5.74) is -2.10. The predicted octanol–water partition coefficient (Wildman–Crippen LogP) is -2.24. The van der Waals surface area contributed by atoms with Crippen LogP contribution in [-0.2, 0) is 18.9 Å². The summed E-state index contributed by atoms with van der Waals surface area (Å²) in [7, 11) is 0. The molecule has 11 heteroatoms. The molecule has 3 rings (SSSR count). The summed E-state index contributed by atoms with van der Waals surface area (Å²) in [5, 5.41) is 71.1. The second-order valence-corrected chi connectivity index (χ2v) is 9.53. The van der Waals surface area contributed by atoms with E-state index in [-0.39, 0.29) is 19.1 Å². The molecule has 0 amide bonds. The van der Waals surface area contributed by atoms with Gasteiger partial charge in [0.2, 0.25) is 0 Å². The van der Waals surface area contributed by atoms with Crippen molar-refractivity contribution in [1.82, 2.24) is 0 Å². The van der Waals surface area contributed by atoms with Crippen molar-refractivity contribution >= 4 is 0 Å². The minimum atomic E-state index is -1.87. The average molecular weight is 465 g/mol. The van der Waals surface area contributed by atoms with Gasteiger partial charge in [0.1, 0.15) is 36.1 Å². The van der Waals surface area contributed by atoms with E-state index in [2.05, 4.69) is 6.58 Å². The average Bonchev–Trinajstić information content (AvgIpc) is 3.03. The summed E-state index contributed by atoms with van der Waals surface area (Å²) in [6, 6.07) is 0. The molecule has 0 aromatic heterocycles. The van der Waals surface area contributed by atoms with Gasteiger partial charge in [-0.15, -0.1) is 0 Å². The van der Waals surface area contributed by atoms with Crippen molar-refractivity contribution in [2.24, 2.45) is 5.92 Å². The van der Waals surface area contributed by atoms with Crippen LogP contribution >= 0.6 is 0 Å². The van der Waals surface area contributed by atoms with Crippen LogP contribution in [0.1, 0.15) is 33.1 Å². The Balaban J connectivity index is 1.64. The van der Waals surface area contributed by atoms with Crippen LogP contribution in [0.15, 0.2) is 12.2 Å². The minimum Gasteiger partial charge on any atom is -0.393 e. The smallest absolute Gasteiger partial charge is 0.187 e. The molecule has 2 aliphatic heterocycles. The minimum absolute atomic E-state index is 0.127. The molecule has 0 radical (unpaired) electrons. The van der Waals surface area contributed by atoms with E-state index in [1.165, 1.54) is 0 Å². The summed E-state index contributed by atoms with van der Waals surface area (Å²) in [6.45, 7) is 6.05. The van der Waals surface area contributed by atoms with Gasteiger partial charge in [0, 0.05) is 0 Å². The molecular formula is C21H36O11. The third-order valence-electron chi connectivity index (χ3n) is 6.86. The molecular weight excluding hydrogens is 428 g/mol. The molecule has 186 valence electrons. The fourth-order valence-electron chi connectivity index (χ4n) is 4.36. The molecule has 11 nitrogen and oxygen atoms in total. The lowest BCUT2D eigenvalue weighted by atomic mass is 9.75. The standard InChI is InChI=1S/C21H36O11/c1-10(2)11-4-5-20(3,27)13(6-11)32-18-16(25)15(24)14(23)12(31-18)7-29-19-17(26)21(28,8-22)9-30-19/h11-19,22-28H,1,4-9H2,2-3H3. The Labute approximate surface area is 186 Å². The monoisotopic (exact) mass is 464 g/mol. The zero-order chi connectivity index (χ0) is 23.8. The van der Waals surface area contributed by atoms with E-state index in [0.717, 1.165) is 12.0 Å². The van der Waals surface area contributed by atoms with Crippen LogP contribution in [0.25, 0.3) is 0 Å². The highest BCUT2D eigenvalue weighted by Gasteiger charge is 2.51. The molecule has 7 N–H and O–H groups in total. The van der Waals surface area contributed by atoms with Gasteiger partial charge in [-0.05, 0) is 39.0 Å². The third-order valence-corrected chi connectivity index (χ3v) is 6.86. The van der Waals surface area contributed by atoms with Crippen LogP contribution in [0, 0.1) is 5.92 Å². The maximum atomic E-state index is 10.8. The van der Waals surface area contributed by atoms with Crippen LogP contribution in [0.4, 0.5) is 0 Å². The first-order valence-electron chi connectivity index (χ1n) is 10.9. The van der Waals surface area contributed by atoms with Gasteiger partial charge in [0.15, 0.2) is 12.6 Å². The molecule has 0 aromatic rings. The number of aliphatic hydroxyl groups is 7. The van der Waals surface area contributed by atoms with Crippen molar-refractivity contribution in [2.75, 3.05) is 19.8 Å². The number of ether oxygens (including phenoxy) is 4. The Morgan fingerprint density at radius 1 is 1.09 bits per heavy atom. The molecule has 0 aromatic carbocycles. The van der Waals surface area contributed by atoms with Gasteiger partial charge in [-0.1, -0.05) is 12.2 Å². The van der Waals surface area contributed by atoms with Crippen LogP contribution in [0.3, 0.4) is 0 Å². The van der Waals surface area contributed by atoms with Gasteiger partial charge < -0.3 is 54.7 Å². The fourth-order valence-corrected chi connectivity index (χ4v) is 4.36. The molecule has 11 unspecified atom stereocenters. The normalized spacial score (nSPS) is 49.8. The summed E-state index contributed by atoms with van der Waals surface area (Å²) in [6.07, 6.45) is -9.11. The summed E-state index contributed by atoms with van der Waals surface area (Å²) in [4.78, 5) is 0. The van der Waals surface area contributed by atoms with Crippen LogP contribution in [-0.4, -0.2) is 116 Å². The van der Waals surface area contributed by atoms with E-state index in [0.29, 0.717) is 12.8 Å². The Hall–Kier alpha value is -0.700. The predicted molar refractivity (Wildman–Crippen MR) is 108 cm³/mol. The Kier molecular flexibility index (Phi) is 8.00. The van der Waals surface area contributed by atoms with E-state index in [4.69, 9.17) is 18.9 Å². The lowest BCUT2D eigenvalue weighted by Crippen LogP contribution is -2.61. The number of rotatable bonds is 7. The van der Waals surface area contributed by atoms with Crippen molar-refractivity contribution in [1.29, 1.82) is 0 Å². The Morgan fingerprint density at radius 3 is 2.38 bits per heavy atom. The van der Waals surface area contributed by atoms with Crippen LogP contribution in [0.5, 0.6) is 0 Å². The lowest BCUT2D eigenvalue weighted by molar-refractivity contribution is -0.332. The molecule has 32 heavy (non-hydrogen) atoms. The first-order valence-corrected chi connectivity index (χ1v) is 10.9. The summed E-state index contributed by atoms with van der Waals surface area (Å²) >= 11 is 0. The molecule has 1 aliphatic carbocycles. The molecule has 0 spiro atoms. The zero-order valence-electron chi connectivity index (χ0n) is 18.4. The fraction of sp³-hybridized carbons (Fsp3) is 0.905. The Morgan fingerprint density at radius 2 is 1.78 bits per heavy atom. The van der Waals surface area contributed by atoms with E-state index in [1.54, 1.807) is 6.92 Å². The molecule has 2 heterocycles. The first kappa shape index (κ1) is 25.9. The molecule has 2 saturated heterocycles. The van der Waals surface area contributed by atoms with E-state index < -0.39 is 67.0 Å². The highest BCUT2D eigenvalue weighted by Crippen LogP contribution is 2.38. The highest BCUT2D eigenvalue weighted by molar-refractivity contribution is 5.04. The maximum Gasteiger partial charge on any atom is 0.187 e. The third kappa shape index (κ3) is 5.18. The van der Waals surface area contributed by atoms with Crippen molar-refractivity contribution in [2.45, 2.75) is 93.5 Å². The number of aliphatic hydroxyl groups excluding tert-OH is 5. The van der Waals surface area contributed by atoms with Gasteiger partial charge in [0.05, 0.1) is 31.5 Å². The van der Waals surface area contributed by atoms with Crippen molar-refractivity contribution in [3.8, 4) is 0 Å². The quantitative estimate of drug-likeness (QED) is 0.203. The van der Waals surface area contributed by atoms with Gasteiger partial charge in [0.25, 0.3) is 0 Å². The number of allylic oxidation sites excluding steroid dienone is 1. The molecule has 11 atom stereocenters. The zero-order valence-corrected chi connectivity index (χ0v) is 18.4. The van der Waals surface area contributed by atoms with Crippen molar-refractivity contribution in [3.05, 3.63) is 12.2 Å². The van der Waals surface area contributed by atoms with Crippen LogP contribution < -0.4 is 0 Å². The SMILES string of the molecule is C=C(C)C1CCC(C)(O)C(OC2OC(COC3OCC(O)(CO)C3O)C(O)C(O)C2O)C1. The summed E-state index contributed by atoms with van der Waals surface area (Å²) < 4.78 is 22.1. The maximum absolute atomic E-state index is 10.8. The van der Waals surface area contributed by atoms with Crippen LogP contribution in [0.2, 0.25) is 0 Å². The van der Waals surface area contributed by atoms with Gasteiger partial charge >= 0.3 is 0 Å². The number of hydrogen-bond donors (Lipinski definition) is 7. The lowest BCUT2D eigenvalue weighted by Gasteiger charge is -2.46. The van der Waals surface area contributed by atoms with E-state index >= 15 is 0 Å².